The van der Waals surface area contributed by atoms with E-state index in [0.717, 1.165) is 0 Å². The number of nitrogens with two attached hydrogens (primary N) is 1. The average Bonchev–Trinajstić information content (AvgIpc) is 2.82. The number of nitrogens with zero attached hydrogens (tertiary/aromatic N) is 1. The highest BCUT2D eigenvalue weighted by molar-refractivity contribution is 7.89. The van der Waals surface area contributed by atoms with Gasteiger partial charge in [-0.2, -0.15) is 0 Å². The van der Waals surface area contributed by atoms with Crippen LogP contribution in [0.25, 0.3) is 0 Å². The summed E-state index contributed by atoms with van der Waals surface area (Å²) in [6.45, 7) is 0. The molecule has 0 amide bonds. The molecule has 1 aromatic rings. The molecule has 14 heavy (non-hydrogen) atoms. The number of sulfonamides is 1. The van der Waals surface area contributed by atoms with Gasteiger partial charge in [0.1, 0.15) is 0 Å². The van der Waals surface area contributed by atoms with E-state index in [-0.39, 0.29) is 17.1 Å². The lowest BCUT2D eigenvalue weighted by atomic mass is 10.5. The van der Waals surface area contributed by atoms with Crippen molar-refractivity contribution in [1.82, 2.24) is 9.71 Å². The predicted octanol–water partition coefficient (Wildman–Crippen LogP) is -0.540. The maximum absolute atomic E-state index is 11.6. The second kappa shape index (κ2) is 3.30. The molecule has 76 valence electrons. The first-order chi connectivity index (χ1) is 6.59. The minimum atomic E-state index is -3.47. The molecule has 0 aliphatic heterocycles. The minimum absolute atomic E-state index is 0.0408. The molecule has 0 aromatic carbocycles. The van der Waals surface area contributed by atoms with Gasteiger partial charge < -0.3 is 5.73 Å². The van der Waals surface area contributed by atoms with Crippen LogP contribution in [0.1, 0.15) is 6.42 Å². The molecule has 0 saturated heterocycles. The number of pyridine rings is 1. The molecule has 1 aliphatic rings. The Morgan fingerprint density at radius 3 is 2.71 bits per heavy atom. The molecule has 1 saturated carbocycles. The molecule has 2 rings (SSSR count). The molecule has 1 heterocycles. The molecular weight excluding hydrogens is 202 g/mol. The number of rotatable bonds is 3. The van der Waals surface area contributed by atoms with Gasteiger partial charge in [-0.3, -0.25) is 0 Å². The Labute approximate surface area is 82.4 Å². The van der Waals surface area contributed by atoms with Crippen molar-refractivity contribution in [3.05, 3.63) is 24.4 Å². The van der Waals surface area contributed by atoms with Gasteiger partial charge in [0.2, 0.25) is 0 Å². The Bertz CT molecular complexity index is 417. The van der Waals surface area contributed by atoms with E-state index in [0.29, 0.717) is 6.42 Å². The van der Waals surface area contributed by atoms with Crippen LogP contribution in [0.3, 0.4) is 0 Å². The zero-order valence-corrected chi connectivity index (χ0v) is 8.24. The molecule has 0 spiro atoms. The van der Waals surface area contributed by atoms with Gasteiger partial charge in [-0.1, -0.05) is 6.07 Å². The summed E-state index contributed by atoms with van der Waals surface area (Å²) in [5.74, 6) is 0. The first kappa shape index (κ1) is 9.57. The average molecular weight is 213 g/mol. The third-order valence-corrected chi connectivity index (χ3v) is 3.46. The highest BCUT2D eigenvalue weighted by Gasteiger charge is 2.37. The monoisotopic (exact) mass is 213 g/mol. The van der Waals surface area contributed by atoms with Crippen LogP contribution in [0.15, 0.2) is 29.4 Å². The first-order valence-electron chi connectivity index (χ1n) is 4.28. The van der Waals surface area contributed by atoms with Gasteiger partial charge in [-0.15, -0.1) is 0 Å². The topological polar surface area (TPSA) is 85.1 Å². The number of hydrogen-bond acceptors (Lipinski definition) is 4. The smallest absolute Gasteiger partial charge is 0.258 e. The van der Waals surface area contributed by atoms with Crippen LogP contribution in [-0.4, -0.2) is 25.5 Å². The van der Waals surface area contributed by atoms with Crippen LogP contribution in [0, 0.1) is 0 Å². The summed E-state index contributed by atoms with van der Waals surface area (Å²) in [5, 5.41) is 0.0408. The fourth-order valence-electron chi connectivity index (χ4n) is 1.12. The molecule has 1 aliphatic carbocycles. The predicted molar refractivity (Wildman–Crippen MR) is 50.9 cm³/mol. The number of nitrogens with one attached hydrogen (secondary N) is 1. The Morgan fingerprint density at radius 1 is 1.50 bits per heavy atom. The number of hydrogen-bond donors (Lipinski definition) is 2. The molecule has 5 nitrogen and oxygen atoms in total. The van der Waals surface area contributed by atoms with Crippen LogP contribution in [0.4, 0.5) is 0 Å². The van der Waals surface area contributed by atoms with E-state index in [9.17, 15) is 8.42 Å². The Morgan fingerprint density at radius 2 is 2.21 bits per heavy atom. The molecule has 1 aromatic heterocycles. The molecule has 1 fully saturated rings. The summed E-state index contributed by atoms with van der Waals surface area (Å²) in [6.07, 6.45) is 2.15. The molecular formula is C8H11N3O2S. The van der Waals surface area contributed by atoms with Crippen LogP contribution >= 0.6 is 0 Å². The summed E-state index contributed by atoms with van der Waals surface area (Å²) in [5.41, 5.74) is 5.50. The summed E-state index contributed by atoms with van der Waals surface area (Å²) in [4.78, 5) is 3.77. The van der Waals surface area contributed by atoms with Crippen LogP contribution in [0.5, 0.6) is 0 Å². The van der Waals surface area contributed by atoms with Crippen molar-refractivity contribution in [3.63, 3.8) is 0 Å². The second-order valence-electron chi connectivity index (χ2n) is 3.30. The van der Waals surface area contributed by atoms with Gasteiger partial charge >= 0.3 is 0 Å². The van der Waals surface area contributed by atoms with Gasteiger partial charge in [0.15, 0.2) is 5.03 Å². The van der Waals surface area contributed by atoms with Crippen molar-refractivity contribution in [3.8, 4) is 0 Å². The highest BCUT2D eigenvalue weighted by Crippen LogP contribution is 2.20. The fourth-order valence-corrected chi connectivity index (χ4v) is 2.36. The maximum Gasteiger partial charge on any atom is 0.258 e. The normalized spacial score (nSPS) is 26.1. The zero-order valence-electron chi connectivity index (χ0n) is 7.42. The van der Waals surface area contributed by atoms with E-state index in [2.05, 4.69) is 9.71 Å². The van der Waals surface area contributed by atoms with E-state index in [4.69, 9.17) is 5.73 Å². The largest absolute Gasteiger partial charge is 0.326 e. The van der Waals surface area contributed by atoms with Gasteiger partial charge in [0.25, 0.3) is 10.0 Å². The molecule has 3 N–H and O–H groups in total. The summed E-state index contributed by atoms with van der Waals surface area (Å²) in [6, 6.07) is 4.59. The minimum Gasteiger partial charge on any atom is -0.326 e. The Hall–Kier alpha value is -0.980. The van der Waals surface area contributed by atoms with E-state index in [1.807, 2.05) is 0 Å². The van der Waals surface area contributed by atoms with Crippen molar-refractivity contribution in [2.24, 2.45) is 5.73 Å². The lowest BCUT2D eigenvalue weighted by Gasteiger charge is -2.03. The quantitative estimate of drug-likeness (QED) is 0.706. The third-order valence-electron chi connectivity index (χ3n) is 2.06. The van der Waals surface area contributed by atoms with Gasteiger partial charge in [0.05, 0.1) is 0 Å². The van der Waals surface area contributed by atoms with Crippen molar-refractivity contribution in [1.29, 1.82) is 0 Å². The summed E-state index contributed by atoms with van der Waals surface area (Å²) < 4.78 is 25.7. The van der Waals surface area contributed by atoms with Crippen molar-refractivity contribution < 1.29 is 8.42 Å². The third kappa shape index (κ3) is 1.92. The standard InChI is InChI=1S/C8H11N3O2S/c9-6-5-7(6)11-14(12,13)8-3-1-2-4-10-8/h1-4,6-7,11H,5,9H2. The Balaban J connectivity index is 2.17. The molecule has 2 unspecified atom stereocenters. The zero-order chi connectivity index (χ0) is 10.2. The second-order valence-corrected chi connectivity index (χ2v) is 4.96. The van der Waals surface area contributed by atoms with Crippen molar-refractivity contribution in [2.45, 2.75) is 23.5 Å². The lowest BCUT2D eigenvalue weighted by Crippen LogP contribution is -2.30. The summed E-state index contributed by atoms with van der Waals surface area (Å²) >= 11 is 0. The van der Waals surface area contributed by atoms with Crippen molar-refractivity contribution >= 4 is 10.0 Å². The molecule has 0 bridgehead atoms. The van der Waals surface area contributed by atoms with Crippen LogP contribution in [0.2, 0.25) is 0 Å². The SMILES string of the molecule is NC1CC1NS(=O)(=O)c1ccccn1. The number of aromatic nitrogens is 1. The van der Waals surface area contributed by atoms with Gasteiger partial charge in [0, 0.05) is 18.3 Å². The van der Waals surface area contributed by atoms with Crippen LogP contribution in [-0.2, 0) is 10.0 Å². The molecule has 0 radical (unpaired) electrons. The van der Waals surface area contributed by atoms with E-state index in [1.54, 1.807) is 12.1 Å². The van der Waals surface area contributed by atoms with E-state index < -0.39 is 10.0 Å². The lowest BCUT2D eigenvalue weighted by molar-refractivity contribution is 0.576. The Kier molecular flexibility index (Phi) is 2.26. The maximum atomic E-state index is 11.6. The van der Waals surface area contributed by atoms with Crippen LogP contribution < -0.4 is 10.5 Å². The van der Waals surface area contributed by atoms with Gasteiger partial charge in [-0.25, -0.2) is 18.1 Å². The van der Waals surface area contributed by atoms with E-state index >= 15 is 0 Å². The molecule has 2 atom stereocenters. The summed E-state index contributed by atoms with van der Waals surface area (Å²) in [7, 11) is -3.47. The fraction of sp³-hybridized carbons (Fsp3) is 0.375. The van der Waals surface area contributed by atoms with E-state index in [1.165, 1.54) is 12.3 Å². The molecule has 6 heteroatoms. The first-order valence-corrected chi connectivity index (χ1v) is 5.77. The van der Waals surface area contributed by atoms with Gasteiger partial charge in [-0.05, 0) is 18.6 Å². The highest BCUT2D eigenvalue weighted by atomic mass is 32.2. The van der Waals surface area contributed by atoms with Crippen molar-refractivity contribution in [2.75, 3.05) is 0 Å².